The SMILES string of the molecule is CC(=O)Nc1ccc(C2NN(C)C(=O)N(C)N2)cc1. The number of hydrogen-bond donors (Lipinski definition) is 3. The lowest BCUT2D eigenvalue weighted by Crippen LogP contribution is -2.62. The van der Waals surface area contributed by atoms with Gasteiger partial charge in [0.2, 0.25) is 5.91 Å². The fraction of sp³-hybridized carbons (Fsp3) is 0.333. The Balaban J connectivity index is 2.10. The largest absolute Gasteiger partial charge is 0.348 e. The van der Waals surface area contributed by atoms with Gasteiger partial charge in [-0.15, -0.1) is 0 Å². The second kappa shape index (κ2) is 5.25. The lowest BCUT2D eigenvalue weighted by atomic mass is 10.1. The molecular weight excluding hydrogens is 246 g/mol. The summed E-state index contributed by atoms with van der Waals surface area (Å²) >= 11 is 0. The molecule has 1 aromatic rings. The van der Waals surface area contributed by atoms with Crippen molar-refractivity contribution in [1.82, 2.24) is 20.9 Å². The summed E-state index contributed by atoms with van der Waals surface area (Å²) in [6.45, 7) is 1.47. The van der Waals surface area contributed by atoms with E-state index >= 15 is 0 Å². The molecule has 1 aliphatic rings. The van der Waals surface area contributed by atoms with Crippen molar-refractivity contribution in [2.24, 2.45) is 0 Å². The summed E-state index contributed by atoms with van der Waals surface area (Å²) in [6, 6.07) is 7.24. The van der Waals surface area contributed by atoms with Gasteiger partial charge < -0.3 is 5.32 Å². The van der Waals surface area contributed by atoms with Crippen LogP contribution in [0.5, 0.6) is 0 Å². The Hall–Kier alpha value is -2.12. The van der Waals surface area contributed by atoms with Crippen LogP contribution in [0.4, 0.5) is 10.5 Å². The van der Waals surface area contributed by atoms with E-state index in [1.807, 2.05) is 24.3 Å². The molecule has 1 aliphatic heterocycles. The zero-order chi connectivity index (χ0) is 14.0. The van der Waals surface area contributed by atoms with Gasteiger partial charge in [0.1, 0.15) is 6.17 Å². The highest BCUT2D eigenvalue weighted by Crippen LogP contribution is 2.17. The van der Waals surface area contributed by atoms with Crippen LogP contribution in [-0.4, -0.2) is 36.1 Å². The monoisotopic (exact) mass is 263 g/mol. The number of benzene rings is 1. The summed E-state index contributed by atoms with van der Waals surface area (Å²) in [4.78, 5) is 22.5. The third kappa shape index (κ3) is 3.01. The molecule has 0 unspecified atom stereocenters. The highest BCUT2D eigenvalue weighted by molar-refractivity contribution is 5.88. The fourth-order valence-corrected chi connectivity index (χ4v) is 1.86. The van der Waals surface area contributed by atoms with Crippen molar-refractivity contribution in [3.63, 3.8) is 0 Å². The van der Waals surface area contributed by atoms with Crippen LogP contribution in [0.2, 0.25) is 0 Å². The van der Waals surface area contributed by atoms with Gasteiger partial charge in [-0.1, -0.05) is 12.1 Å². The molecule has 3 N–H and O–H groups in total. The standard InChI is InChI=1S/C12H17N5O2/c1-8(18)13-10-6-4-9(5-7-10)11-14-16(2)12(19)17(3)15-11/h4-7,11,14-15H,1-3H3,(H,13,18). The van der Waals surface area contributed by atoms with E-state index in [2.05, 4.69) is 16.2 Å². The third-order valence-electron chi connectivity index (χ3n) is 2.78. The quantitative estimate of drug-likeness (QED) is 0.732. The maximum Gasteiger partial charge on any atom is 0.348 e. The molecule has 19 heavy (non-hydrogen) atoms. The first-order valence-corrected chi connectivity index (χ1v) is 5.88. The first kappa shape index (κ1) is 13.3. The van der Waals surface area contributed by atoms with E-state index in [0.717, 1.165) is 11.3 Å². The van der Waals surface area contributed by atoms with E-state index in [1.165, 1.54) is 16.9 Å². The molecule has 102 valence electrons. The molecule has 7 nitrogen and oxygen atoms in total. The molecule has 1 fully saturated rings. The van der Waals surface area contributed by atoms with E-state index in [4.69, 9.17) is 0 Å². The number of nitrogens with one attached hydrogen (secondary N) is 3. The highest BCUT2D eigenvalue weighted by Gasteiger charge is 2.26. The van der Waals surface area contributed by atoms with Crippen molar-refractivity contribution < 1.29 is 9.59 Å². The highest BCUT2D eigenvalue weighted by atomic mass is 16.2. The number of nitrogens with zero attached hydrogens (tertiary/aromatic N) is 2. The fourth-order valence-electron chi connectivity index (χ4n) is 1.86. The number of hydrazine groups is 2. The van der Waals surface area contributed by atoms with Crippen molar-refractivity contribution in [3.05, 3.63) is 29.8 Å². The molecule has 1 saturated heterocycles. The van der Waals surface area contributed by atoms with Crippen LogP contribution in [0.1, 0.15) is 18.7 Å². The minimum Gasteiger partial charge on any atom is -0.326 e. The van der Waals surface area contributed by atoms with Crippen LogP contribution < -0.4 is 16.2 Å². The second-order valence-electron chi connectivity index (χ2n) is 4.40. The Labute approximate surface area is 111 Å². The molecule has 1 aromatic carbocycles. The first-order valence-electron chi connectivity index (χ1n) is 5.88. The molecule has 0 spiro atoms. The Kier molecular flexibility index (Phi) is 3.68. The maximum atomic E-state index is 11.6. The topological polar surface area (TPSA) is 76.7 Å². The molecule has 0 aliphatic carbocycles. The zero-order valence-electron chi connectivity index (χ0n) is 11.1. The summed E-state index contributed by atoms with van der Waals surface area (Å²) < 4.78 is 0. The van der Waals surface area contributed by atoms with Crippen LogP contribution in [-0.2, 0) is 4.79 Å². The van der Waals surface area contributed by atoms with Gasteiger partial charge in [-0.3, -0.25) is 14.8 Å². The lowest BCUT2D eigenvalue weighted by molar-refractivity contribution is -0.114. The van der Waals surface area contributed by atoms with Crippen LogP contribution in [0, 0.1) is 0 Å². The van der Waals surface area contributed by atoms with Crippen molar-refractivity contribution in [2.75, 3.05) is 19.4 Å². The van der Waals surface area contributed by atoms with Crippen LogP contribution >= 0.6 is 0 Å². The van der Waals surface area contributed by atoms with Crippen molar-refractivity contribution in [1.29, 1.82) is 0 Å². The summed E-state index contributed by atoms with van der Waals surface area (Å²) in [5.41, 5.74) is 7.73. The lowest BCUT2D eigenvalue weighted by Gasteiger charge is -2.38. The van der Waals surface area contributed by atoms with Gasteiger partial charge in [0.25, 0.3) is 0 Å². The molecule has 0 saturated carbocycles. The van der Waals surface area contributed by atoms with Gasteiger partial charge in [-0.05, 0) is 17.7 Å². The molecule has 0 aromatic heterocycles. The van der Waals surface area contributed by atoms with Crippen LogP contribution in [0.3, 0.4) is 0 Å². The Morgan fingerprint density at radius 3 is 2.16 bits per heavy atom. The predicted octanol–water partition coefficient (Wildman–Crippen LogP) is 0.650. The zero-order valence-corrected chi connectivity index (χ0v) is 11.1. The smallest absolute Gasteiger partial charge is 0.326 e. The molecule has 2 rings (SSSR count). The molecule has 0 radical (unpaired) electrons. The average molecular weight is 263 g/mol. The predicted molar refractivity (Wildman–Crippen MR) is 70.7 cm³/mol. The van der Waals surface area contributed by atoms with E-state index in [-0.39, 0.29) is 18.1 Å². The van der Waals surface area contributed by atoms with E-state index in [0.29, 0.717) is 0 Å². The molecule has 3 amide bonds. The van der Waals surface area contributed by atoms with E-state index in [1.54, 1.807) is 14.1 Å². The van der Waals surface area contributed by atoms with Crippen molar-refractivity contribution >= 4 is 17.6 Å². The number of carbonyl (C=O) groups is 2. The molecular formula is C12H17N5O2. The van der Waals surface area contributed by atoms with Gasteiger partial charge in [0.05, 0.1) is 0 Å². The normalized spacial score (nSPS) is 16.7. The van der Waals surface area contributed by atoms with Crippen molar-refractivity contribution in [3.8, 4) is 0 Å². The van der Waals surface area contributed by atoms with Gasteiger partial charge >= 0.3 is 6.03 Å². The van der Waals surface area contributed by atoms with E-state index in [9.17, 15) is 9.59 Å². The second-order valence-corrected chi connectivity index (χ2v) is 4.40. The number of urea groups is 1. The van der Waals surface area contributed by atoms with E-state index < -0.39 is 0 Å². The summed E-state index contributed by atoms with van der Waals surface area (Å²) in [6.07, 6.45) is -0.195. The summed E-state index contributed by atoms with van der Waals surface area (Å²) in [7, 11) is 3.33. The number of rotatable bonds is 2. The van der Waals surface area contributed by atoms with Gasteiger partial charge in [-0.25, -0.2) is 15.6 Å². The Morgan fingerprint density at radius 1 is 1.16 bits per heavy atom. The van der Waals surface area contributed by atoms with Crippen LogP contribution in [0.15, 0.2) is 24.3 Å². The minimum absolute atomic E-state index is 0.105. The number of carbonyl (C=O) groups excluding carboxylic acids is 2. The average Bonchev–Trinajstić information content (AvgIpc) is 2.35. The number of anilines is 1. The van der Waals surface area contributed by atoms with Crippen LogP contribution in [0.25, 0.3) is 0 Å². The molecule has 1 heterocycles. The summed E-state index contributed by atoms with van der Waals surface area (Å²) in [5, 5.41) is 5.54. The number of amides is 3. The van der Waals surface area contributed by atoms with Gasteiger partial charge in [0, 0.05) is 26.7 Å². The molecule has 0 bridgehead atoms. The Morgan fingerprint density at radius 2 is 1.68 bits per heavy atom. The van der Waals surface area contributed by atoms with Gasteiger partial charge in [-0.2, -0.15) is 0 Å². The number of hydrogen-bond acceptors (Lipinski definition) is 4. The summed E-state index contributed by atoms with van der Waals surface area (Å²) in [5.74, 6) is -0.105. The third-order valence-corrected chi connectivity index (χ3v) is 2.78. The minimum atomic E-state index is -0.195. The molecule has 7 heteroatoms. The van der Waals surface area contributed by atoms with Crippen molar-refractivity contribution in [2.45, 2.75) is 13.1 Å². The molecule has 0 atom stereocenters. The maximum absolute atomic E-state index is 11.6. The Bertz CT molecular complexity index is 473. The first-order chi connectivity index (χ1) is 8.97. The van der Waals surface area contributed by atoms with Gasteiger partial charge in [0.15, 0.2) is 0 Å².